The summed E-state index contributed by atoms with van der Waals surface area (Å²) >= 11 is 0. The van der Waals surface area contributed by atoms with E-state index < -0.39 is 0 Å². The van der Waals surface area contributed by atoms with Crippen LogP contribution in [-0.4, -0.2) is 18.2 Å². The van der Waals surface area contributed by atoms with Crippen molar-refractivity contribution in [2.75, 3.05) is 13.2 Å². The number of nitrogens with zero attached hydrogens (tertiary/aromatic N) is 1. The van der Waals surface area contributed by atoms with E-state index in [1.54, 1.807) is 0 Å². The van der Waals surface area contributed by atoms with Gasteiger partial charge in [0.2, 0.25) is 0 Å². The molecular weight excluding hydrogens is 264 g/mol. The van der Waals surface area contributed by atoms with Gasteiger partial charge in [0, 0.05) is 25.1 Å². The molecule has 110 valence electrons. The molecule has 4 nitrogen and oxygen atoms in total. The van der Waals surface area contributed by atoms with Gasteiger partial charge >= 0.3 is 0 Å². The Morgan fingerprint density at radius 3 is 3.05 bits per heavy atom. The third kappa shape index (κ3) is 3.16. The summed E-state index contributed by atoms with van der Waals surface area (Å²) in [5, 5.41) is 0. The molecule has 2 heterocycles. The first kappa shape index (κ1) is 13.9. The normalized spacial score (nSPS) is 12.9. The predicted molar refractivity (Wildman–Crippen MR) is 81.7 cm³/mol. The van der Waals surface area contributed by atoms with E-state index in [4.69, 9.17) is 15.2 Å². The van der Waals surface area contributed by atoms with Gasteiger partial charge in [-0.3, -0.25) is 4.98 Å². The highest BCUT2D eigenvalue weighted by atomic mass is 16.5. The zero-order valence-electron chi connectivity index (χ0n) is 12.3. The molecule has 0 atom stereocenters. The number of benzene rings is 1. The van der Waals surface area contributed by atoms with E-state index in [0.717, 1.165) is 42.3 Å². The Bertz CT molecular complexity index is 641. The molecule has 21 heavy (non-hydrogen) atoms. The number of ether oxygens (including phenoxy) is 2. The van der Waals surface area contributed by atoms with Crippen molar-refractivity contribution < 1.29 is 9.47 Å². The van der Waals surface area contributed by atoms with Crippen molar-refractivity contribution in [3.8, 4) is 11.5 Å². The lowest BCUT2D eigenvalue weighted by atomic mass is 10.1. The smallest absolute Gasteiger partial charge is 0.142 e. The van der Waals surface area contributed by atoms with Gasteiger partial charge in [0.25, 0.3) is 0 Å². The van der Waals surface area contributed by atoms with Crippen LogP contribution < -0.4 is 15.2 Å². The molecule has 0 radical (unpaired) electrons. The zero-order valence-corrected chi connectivity index (χ0v) is 12.3. The van der Waals surface area contributed by atoms with Gasteiger partial charge in [-0.15, -0.1) is 0 Å². The van der Waals surface area contributed by atoms with E-state index in [0.29, 0.717) is 13.2 Å². The maximum absolute atomic E-state index is 5.83. The molecule has 2 N–H and O–H groups in total. The SMILES string of the molecule is Cc1ccc(OCCc2ccc3c(c2)CCO3)c(CN)n1. The molecule has 1 aliphatic heterocycles. The summed E-state index contributed by atoms with van der Waals surface area (Å²) in [6.45, 7) is 3.77. The highest BCUT2D eigenvalue weighted by Crippen LogP contribution is 2.26. The van der Waals surface area contributed by atoms with Gasteiger partial charge < -0.3 is 15.2 Å². The Kier molecular flexibility index (Phi) is 4.06. The fraction of sp³-hybridized carbons (Fsp3) is 0.353. The average molecular weight is 284 g/mol. The number of hydrogen-bond acceptors (Lipinski definition) is 4. The van der Waals surface area contributed by atoms with E-state index in [1.807, 2.05) is 19.1 Å². The van der Waals surface area contributed by atoms with Gasteiger partial charge in [-0.1, -0.05) is 12.1 Å². The molecule has 1 aliphatic rings. The van der Waals surface area contributed by atoms with Gasteiger partial charge in [-0.05, 0) is 36.2 Å². The Morgan fingerprint density at radius 2 is 2.19 bits per heavy atom. The first-order valence-electron chi connectivity index (χ1n) is 7.30. The molecule has 0 bridgehead atoms. The highest BCUT2D eigenvalue weighted by Gasteiger charge is 2.12. The molecule has 2 aromatic rings. The van der Waals surface area contributed by atoms with Gasteiger partial charge in [-0.2, -0.15) is 0 Å². The highest BCUT2D eigenvalue weighted by molar-refractivity contribution is 5.40. The number of nitrogens with two attached hydrogens (primary N) is 1. The number of aromatic nitrogens is 1. The molecule has 0 saturated heterocycles. The van der Waals surface area contributed by atoms with Crippen LogP contribution in [-0.2, 0) is 19.4 Å². The van der Waals surface area contributed by atoms with Gasteiger partial charge in [-0.25, -0.2) is 0 Å². The second kappa shape index (κ2) is 6.14. The second-order valence-corrected chi connectivity index (χ2v) is 5.24. The van der Waals surface area contributed by atoms with Crippen LogP contribution in [0.5, 0.6) is 11.5 Å². The van der Waals surface area contributed by atoms with E-state index in [9.17, 15) is 0 Å². The molecule has 4 heteroatoms. The topological polar surface area (TPSA) is 57.4 Å². The number of rotatable bonds is 5. The van der Waals surface area contributed by atoms with Gasteiger partial charge in [0.05, 0.1) is 18.9 Å². The molecule has 0 fully saturated rings. The maximum atomic E-state index is 5.83. The van der Waals surface area contributed by atoms with Crippen LogP contribution in [0.25, 0.3) is 0 Å². The van der Waals surface area contributed by atoms with Gasteiger partial charge in [0.15, 0.2) is 0 Å². The summed E-state index contributed by atoms with van der Waals surface area (Å²) in [4.78, 5) is 4.40. The maximum Gasteiger partial charge on any atom is 0.142 e. The minimum absolute atomic E-state index is 0.396. The molecule has 0 saturated carbocycles. The third-order valence-electron chi connectivity index (χ3n) is 3.67. The molecule has 3 rings (SSSR count). The molecular formula is C17H20N2O2. The Hall–Kier alpha value is -2.07. The first-order valence-corrected chi connectivity index (χ1v) is 7.30. The van der Waals surface area contributed by atoms with Crippen LogP contribution in [0.4, 0.5) is 0 Å². The fourth-order valence-corrected chi connectivity index (χ4v) is 2.55. The average Bonchev–Trinajstić information content (AvgIpc) is 2.96. The minimum atomic E-state index is 0.396. The lowest BCUT2D eigenvalue weighted by Gasteiger charge is -2.10. The number of fused-ring (bicyclic) bond motifs is 1. The van der Waals surface area contributed by atoms with Crippen LogP contribution in [0.3, 0.4) is 0 Å². The molecule has 0 amide bonds. The molecule has 0 spiro atoms. The molecule has 1 aromatic carbocycles. The van der Waals surface area contributed by atoms with Crippen molar-refractivity contribution in [2.45, 2.75) is 26.3 Å². The first-order chi connectivity index (χ1) is 10.3. The Labute approximate surface area is 124 Å². The number of hydrogen-bond donors (Lipinski definition) is 1. The standard InChI is InChI=1S/C17H20N2O2/c1-12-2-4-17(15(11-18)19-12)21-8-6-13-3-5-16-14(10-13)7-9-20-16/h2-5,10H,6-9,11,18H2,1H3. The monoisotopic (exact) mass is 284 g/mol. The summed E-state index contributed by atoms with van der Waals surface area (Å²) in [5.41, 5.74) is 10.1. The summed E-state index contributed by atoms with van der Waals surface area (Å²) < 4.78 is 11.3. The van der Waals surface area contributed by atoms with Crippen LogP contribution in [0.1, 0.15) is 22.5 Å². The molecule has 1 aromatic heterocycles. The van der Waals surface area contributed by atoms with E-state index in [1.165, 1.54) is 11.1 Å². The second-order valence-electron chi connectivity index (χ2n) is 5.24. The van der Waals surface area contributed by atoms with Crippen LogP contribution >= 0.6 is 0 Å². The van der Waals surface area contributed by atoms with Gasteiger partial charge in [0.1, 0.15) is 11.5 Å². The largest absolute Gasteiger partial charge is 0.493 e. The lowest BCUT2D eigenvalue weighted by Crippen LogP contribution is -2.08. The van der Waals surface area contributed by atoms with Crippen molar-refractivity contribution in [1.82, 2.24) is 4.98 Å². The quantitative estimate of drug-likeness (QED) is 0.916. The Balaban J connectivity index is 1.61. The van der Waals surface area contributed by atoms with Crippen molar-refractivity contribution >= 4 is 0 Å². The summed E-state index contributed by atoms with van der Waals surface area (Å²) in [5.74, 6) is 1.81. The summed E-state index contributed by atoms with van der Waals surface area (Å²) in [7, 11) is 0. The van der Waals surface area contributed by atoms with Crippen LogP contribution in [0.15, 0.2) is 30.3 Å². The predicted octanol–water partition coefficient (Wildman–Crippen LogP) is 2.41. The molecule has 0 unspecified atom stereocenters. The lowest BCUT2D eigenvalue weighted by molar-refractivity contribution is 0.316. The van der Waals surface area contributed by atoms with Crippen LogP contribution in [0.2, 0.25) is 0 Å². The van der Waals surface area contributed by atoms with E-state index in [2.05, 4.69) is 23.2 Å². The number of aryl methyl sites for hydroxylation is 1. The molecule has 0 aliphatic carbocycles. The number of pyridine rings is 1. The van der Waals surface area contributed by atoms with Crippen molar-refractivity contribution in [3.05, 3.63) is 52.8 Å². The van der Waals surface area contributed by atoms with E-state index >= 15 is 0 Å². The Morgan fingerprint density at radius 1 is 1.29 bits per heavy atom. The summed E-state index contributed by atoms with van der Waals surface area (Å²) in [6.07, 6.45) is 1.87. The van der Waals surface area contributed by atoms with Crippen molar-refractivity contribution in [3.63, 3.8) is 0 Å². The van der Waals surface area contributed by atoms with Crippen molar-refractivity contribution in [2.24, 2.45) is 5.73 Å². The van der Waals surface area contributed by atoms with Crippen molar-refractivity contribution in [1.29, 1.82) is 0 Å². The third-order valence-corrected chi connectivity index (χ3v) is 3.67. The zero-order chi connectivity index (χ0) is 14.7. The van der Waals surface area contributed by atoms with E-state index in [-0.39, 0.29) is 0 Å². The minimum Gasteiger partial charge on any atom is -0.493 e. The fourth-order valence-electron chi connectivity index (χ4n) is 2.55. The van der Waals surface area contributed by atoms with Crippen LogP contribution in [0, 0.1) is 6.92 Å². The summed E-state index contributed by atoms with van der Waals surface area (Å²) in [6, 6.07) is 10.3.